The Morgan fingerprint density at radius 2 is 1.80 bits per heavy atom. The average Bonchev–Trinajstić information content (AvgIpc) is 2.14. The molecule has 0 radical (unpaired) electrons. The molecule has 0 saturated heterocycles. The molecule has 1 N–H and O–H groups in total. The first-order valence-corrected chi connectivity index (χ1v) is 6.27. The number of aromatic nitrogens is 2. The molecule has 0 saturated carbocycles. The molecule has 1 heterocycles. The summed E-state index contributed by atoms with van der Waals surface area (Å²) in [7, 11) is 0. The first-order chi connectivity index (χ1) is 6.93. The maximum absolute atomic E-state index is 4.34. The number of hydrogen-bond acceptors (Lipinski definition) is 4. The number of thioether (sulfide) groups is 1. The number of aryl methyl sites for hydroxylation is 2. The van der Waals surface area contributed by atoms with Gasteiger partial charge in [-0.25, -0.2) is 9.97 Å². The predicted octanol–water partition coefficient (Wildman–Crippen LogP) is 2.65. The number of rotatable bonds is 4. The number of anilines is 1. The van der Waals surface area contributed by atoms with Crippen molar-refractivity contribution >= 4 is 17.7 Å². The molecule has 1 aromatic rings. The summed E-state index contributed by atoms with van der Waals surface area (Å²) in [4.78, 5) is 8.68. The van der Waals surface area contributed by atoms with Gasteiger partial charge in [-0.2, -0.15) is 11.8 Å². The molecule has 0 bridgehead atoms. The fourth-order valence-electron chi connectivity index (χ4n) is 1.17. The Labute approximate surface area is 96.1 Å². The van der Waals surface area contributed by atoms with Gasteiger partial charge in [-0.3, -0.25) is 0 Å². The van der Waals surface area contributed by atoms with Crippen LogP contribution in [0.3, 0.4) is 0 Å². The molecule has 0 aliphatic carbocycles. The molecule has 1 rings (SSSR count). The topological polar surface area (TPSA) is 37.8 Å². The van der Waals surface area contributed by atoms with Crippen molar-refractivity contribution < 1.29 is 0 Å². The first-order valence-electron chi connectivity index (χ1n) is 5.04. The molecule has 1 aromatic heterocycles. The third-order valence-electron chi connectivity index (χ3n) is 2.21. The summed E-state index contributed by atoms with van der Waals surface area (Å²) in [6.45, 7) is 9.25. The van der Waals surface area contributed by atoms with Crippen LogP contribution in [0.4, 0.5) is 5.95 Å². The highest BCUT2D eigenvalue weighted by molar-refractivity contribution is 7.99. The van der Waals surface area contributed by atoms with Crippen molar-refractivity contribution in [3.8, 4) is 0 Å². The Balaban J connectivity index is 2.65. The largest absolute Gasteiger partial charge is 0.353 e. The molecule has 4 heteroatoms. The maximum atomic E-state index is 4.34. The molecule has 0 amide bonds. The minimum atomic E-state index is 0.209. The van der Waals surface area contributed by atoms with E-state index in [0.29, 0.717) is 0 Å². The summed E-state index contributed by atoms with van der Waals surface area (Å²) >= 11 is 1.84. The van der Waals surface area contributed by atoms with Crippen molar-refractivity contribution in [3.05, 3.63) is 17.5 Å². The third-order valence-corrected chi connectivity index (χ3v) is 3.46. The first kappa shape index (κ1) is 12.3. The van der Waals surface area contributed by atoms with Crippen LogP contribution in [0, 0.1) is 13.8 Å². The molecule has 0 spiro atoms. The van der Waals surface area contributed by atoms with Gasteiger partial charge in [0.1, 0.15) is 0 Å². The van der Waals surface area contributed by atoms with Gasteiger partial charge in [-0.05, 0) is 40.0 Å². The molecule has 0 aliphatic heterocycles. The van der Waals surface area contributed by atoms with Gasteiger partial charge < -0.3 is 5.32 Å². The van der Waals surface area contributed by atoms with E-state index < -0.39 is 0 Å². The summed E-state index contributed by atoms with van der Waals surface area (Å²) < 4.78 is 0.209. The van der Waals surface area contributed by atoms with Gasteiger partial charge in [0.15, 0.2) is 0 Å². The second-order valence-corrected chi connectivity index (χ2v) is 5.81. The molecule has 0 fully saturated rings. The number of nitrogens with one attached hydrogen (secondary N) is 1. The molecule has 0 atom stereocenters. The van der Waals surface area contributed by atoms with Crippen LogP contribution in [0.1, 0.15) is 25.2 Å². The fourth-order valence-corrected chi connectivity index (χ4v) is 1.39. The average molecular weight is 225 g/mol. The monoisotopic (exact) mass is 225 g/mol. The molecule has 84 valence electrons. The van der Waals surface area contributed by atoms with Crippen LogP contribution >= 0.6 is 11.8 Å². The maximum Gasteiger partial charge on any atom is 0.223 e. The summed E-state index contributed by atoms with van der Waals surface area (Å²) in [5.74, 6) is 0.731. The summed E-state index contributed by atoms with van der Waals surface area (Å²) in [5, 5.41) is 3.27. The Morgan fingerprint density at radius 3 is 2.27 bits per heavy atom. The van der Waals surface area contributed by atoms with Gasteiger partial charge in [0.05, 0.1) is 0 Å². The SMILES string of the molecule is CSC(C)(C)CNc1nc(C)cc(C)n1. The Kier molecular flexibility index (Phi) is 3.97. The highest BCUT2D eigenvalue weighted by Gasteiger charge is 2.15. The van der Waals surface area contributed by atoms with Crippen molar-refractivity contribution in [1.82, 2.24) is 9.97 Å². The van der Waals surface area contributed by atoms with Gasteiger partial charge in [0.25, 0.3) is 0 Å². The smallest absolute Gasteiger partial charge is 0.223 e. The molecule has 0 aromatic carbocycles. The highest BCUT2D eigenvalue weighted by atomic mass is 32.2. The van der Waals surface area contributed by atoms with E-state index in [9.17, 15) is 0 Å². The van der Waals surface area contributed by atoms with Crippen LogP contribution in [0.2, 0.25) is 0 Å². The van der Waals surface area contributed by atoms with E-state index in [-0.39, 0.29) is 4.75 Å². The number of hydrogen-bond donors (Lipinski definition) is 1. The lowest BCUT2D eigenvalue weighted by Crippen LogP contribution is -2.26. The lowest BCUT2D eigenvalue weighted by atomic mass is 10.2. The standard InChI is InChI=1S/C11H19N3S/c1-8-6-9(2)14-10(13-8)12-7-11(3,4)15-5/h6H,7H2,1-5H3,(H,12,13,14). The minimum absolute atomic E-state index is 0.209. The normalized spacial score (nSPS) is 11.5. The van der Waals surface area contributed by atoms with E-state index in [2.05, 4.69) is 35.4 Å². The van der Waals surface area contributed by atoms with E-state index >= 15 is 0 Å². The molecule has 15 heavy (non-hydrogen) atoms. The lowest BCUT2D eigenvalue weighted by molar-refractivity contribution is 0.745. The van der Waals surface area contributed by atoms with Crippen molar-refractivity contribution in [2.75, 3.05) is 18.1 Å². The zero-order valence-electron chi connectivity index (χ0n) is 10.1. The van der Waals surface area contributed by atoms with Gasteiger partial charge in [-0.1, -0.05) is 0 Å². The molecular formula is C11H19N3S. The van der Waals surface area contributed by atoms with Crippen LogP contribution in [0.25, 0.3) is 0 Å². The fraction of sp³-hybridized carbons (Fsp3) is 0.636. The van der Waals surface area contributed by atoms with Crippen LogP contribution in [-0.4, -0.2) is 27.5 Å². The molecule has 0 unspecified atom stereocenters. The predicted molar refractivity (Wildman–Crippen MR) is 67.6 cm³/mol. The Bertz CT molecular complexity index is 316. The number of nitrogens with zero attached hydrogens (tertiary/aromatic N) is 2. The Morgan fingerprint density at radius 1 is 1.27 bits per heavy atom. The van der Waals surface area contributed by atoms with E-state index in [1.165, 1.54) is 0 Å². The van der Waals surface area contributed by atoms with Crippen molar-refractivity contribution in [2.45, 2.75) is 32.4 Å². The summed E-state index contributed by atoms with van der Waals surface area (Å²) in [6.07, 6.45) is 2.12. The van der Waals surface area contributed by atoms with Crippen LogP contribution in [-0.2, 0) is 0 Å². The zero-order valence-corrected chi connectivity index (χ0v) is 10.9. The van der Waals surface area contributed by atoms with Gasteiger partial charge in [-0.15, -0.1) is 0 Å². The van der Waals surface area contributed by atoms with Crippen molar-refractivity contribution in [3.63, 3.8) is 0 Å². The zero-order chi connectivity index (χ0) is 11.5. The third kappa shape index (κ3) is 4.08. The van der Waals surface area contributed by atoms with E-state index in [4.69, 9.17) is 0 Å². The van der Waals surface area contributed by atoms with Gasteiger partial charge >= 0.3 is 0 Å². The minimum Gasteiger partial charge on any atom is -0.353 e. The van der Waals surface area contributed by atoms with E-state index in [0.717, 1.165) is 23.9 Å². The highest BCUT2D eigenvalue weighted by Crippen LogP contribution is 2.20. The van der Waals surface area contributed by atoms with E-state index in [1.54, 1.807) is 0 Å². The van der Waals surface area contributed by atoms with Gasteiger partial charge in [0.2, 0.25) is 5.95 Å². The molecule has 0 aliphatic rings. The summed E-state index contributed by atoms with van der Waals surface area (Å²) in [6, 6.07) is 1.98. The van der Waals surface area contributed by atoms with Crippen molar-refractivity contribution in [1.29, 1.82) is 0 Å². The molecular weight excluding hydrogens is 206 g/mol. The van der Waals surface area contributed by atoms with Crippen LogP contribution in [0.15, 0.2) is 6.07 Å². The van der Waals surface area contributed by atoms with Crippen LogP contribution < -0.4 is 5.32 Å². The second-order valence-electron chi connectivity index (χ2n) is 4.29. The molecule has 3 nitrogen and oxygen atoms in total. The van der Waals surface area contributed by atoms with E-state index in [1.807, 2.05) is 31.7 Å². The van der Waals surface area contributed by atoms with Crippen molar-refractivity contribution in [2.24, 2.45) is 0 Å². The quantitative estimate of drug-likeness (QED) is 0.855. The van der Waals surface area contributed by atoms with Gasteiger partial charge in [0, 0.05) is 22.7 Å². The van der Waals surface area contributed by atoms with Crippen LogP contribution in [0.5, 0.6) is 0 Å². The Hall–Kier alpha value is -0.770. The lowest BCUT2D eigenvalue weighted by Gasteiger charge is -2.22. The summed E-state index contributed by atoms with van der Waals surface area (Å²) in [5.41, 5.74) is 2.01. The second kappa shape index (κ2) is 4.84.